The average molecular weight is 209 g/mol. The molecule has 2 rings (SSSR count). The maximum absolute atomic E-state index is 4.34. The normalized spacial score (nSPS) is 26.4. The van der Waals surface area contributed by atoms with Crippen LogP contribution >= 0.6 is 11.8 Å². The van der Waals surface area contributed by atoms with Crippen LogP contribution in [-0.4, -0.2) is 27.0 Å². The average Bonchev–Trinajstić information content (AvgIpc) is 2.52. The molecular weight excluding hydrogens is 194 g/mol. The Bertz CT molecular complexity index is 316. The van der Waals surface area contributed by atoms with Gasteiger partial charge in [0.1, 0.15) is 0 Å². The second-order valence-electron chi connectivity index (χ2n) is 3.64. The van der Waals surface area contributed by atoms with Gasteiger partial charge in [-0.2, -0.15) is 11.8 Å². The Kier molecular flexibility index (Phi) is 2.91. The van der Waals surface area contributed by atoms with E-state index >= 15 is 0 Å². The Balaban J connectivity index is 2.03. The third-order valence-corrected chi connectivity index (χ3v) is 3.81. The lowest BCUT2D eigenvalue weighted by Crippen LogP contribution is -2.25. The monoisotopic (exact) mass is 209 g/mol. The maximum atomic E-state index is 4.34. The molecule has 1 saturated heterocycles. The molecule has 4 heteroatoms. The van der Waals surface area contributed by atoms with Crippen LogP contribution in [0.3, 0.4) is 0 Å². The molecule has 1 aromatic heterocycles. The highest BCUT2D eigenvalue weighted by molar-refractivity contribution is 8.00. The Morgan fingerprint density at radius 3 is 3.07 bits per heavy atom. The minimum absolute atomic E-state index is 0.529. The lowest BCUT2D eigenvalue weighted by Gasteiger charge is -2.16. The fraction of sp³-hybridized carbons (Fsp3) is 0.600. The zero-order valence-electron chi connectivity index (χ0n) is 8.53. The summed E-state index contributed by atoms with van der Waals surface area (Å²) < 4.78 is 0. The molecule has 0 bridgehead atoms. The van der Waals surface area contributed by atoms with E-state index in [1.807, 2.05) is 24.8 Å². The molecule has 1 aromatic rings. The van der Waals surface area contributed by atoms with Crippen LogP contribution in [0.2, 0.25) is 0 Å². The van der Waals surface area contributed by atoms with Gasteiger partial charge in [0.15, 0.2) is 0 Å². The number of nitrogens with zero attached hydrogens (tertiary/aromatic N) is 2. The van der Waals surface area contributed by atoms with Gasteiger partial charge in [0.05, 0.1) is 0 Å². The second-order valence-corrected chi connectivity index (χ2v) is 5.12. The molecule has 2 atom stereocenters. The predicted octanol–water partition coefficient (Wildman–Crippen LogP) is 2.09. The molecule has 2 heterocycles. The first-order valence-corrected chi connectivity index (χ1v) is 5.98. The molecule has 14 heavy (non-hydrogen) atoms. The van der Waals surface area contributed by atoms with Crippen LogP contribution < -0.4 is 5.32 Å². The van der Waals surface area contributed by atoms with E-state index in [2.05, 4.69) is 22.2 Å². The van der Waals surface area contributed by atoms with Crippen LogP contribution in [-0.2, 0) is 0 Å². The van der Waals surface area contributed by atoms with E-state index in [4.69, 9.17) is 0 Å². The van der Waals surface area contributed by atoms with E-state index in [0.29, 0.717) is 11.3 Å². The summed E-state index contributed by atoms with van der Waals surface area (Å²) in [5.74, 6) is 2.01. The van der Waals surface area contributed by atoms with Gasteiger partial charge in [-0.25, -0.2) is 9.97 Å². The molecule has 0 radical (unpaired) electrons. The summed E-state index contributed by atoms with van der Waals surface area (Å²) in [4.78, 5) is 8.55. The van der Waals surface area contributed by atoms with Crippen LogP contribution in [0.25, 0.3) is 0 Å². The van der Waals surface area contributed by atoms with Gasteiger partial charge < -0.3 is 5.32 Å². The Hall–Kier alpha value is -0.770. The second kappa shape index (κ2) is 4.17. The summed E-state index contributed by atoms with van der Waals surface area (Å²) in [6.07, 6.45) is 3.01. The molecule has 0 spiro atoms. The van der Waals surface area contributed by atoms with Gasteiger partial charge in [-0.05, 0) is 25.2 Å². The van der Waals surface area contributed by atoms with Crippen molar-refractivity contribution < 1.29 is 0 Å². The zero-order chi connectivity index (χ0) is 9.97. The predicted molar refractivity (Wildman–Crippen MR) is 60.7 cm³/mol. The van der Waals surface area contributed by atoms with Gasteiger partial charge in [-0.1, -0.05) is 6.92 Å². The van der Waals surface area contributed by atoms with Gasteiger partial charge in [0.2, 0.25) is 5.95 Å². The number of aryl methyl sites for hydroxylation is 1. The minimum Gasteiger partial charge on any atom is -0.350 e. The first-order chi connectivity index (χ1) is 6.75. The van der Waals surface area contributed by atoms with Gasteiger partial charge in [0, 0.05) is 23.2 Å². The lowest BCUT2D eigenvalue weighted by atomic mass is 10.2. The summed E-state index contributed by atoms with van der Waals surface area (Å²) in [5, 5.41) is 4.05. The van der Waals surface area contributed by atoms with Crippen molar-refractivity contribution in [2.75, 3.05) is 11.1 Å². The fourth-order valence-electron chi connectivity index (χ4n) is 1.61. The smallest absolute Gasteiger partial charge is 0.223 e. The quantitative estimate of drug-likeness (QED) is 0.809. The number of thioether (sulfide) groups is 1. The highest BCUT2D eigenvalue weighted by atomic mass is 32.2. The van der Waals surface area contributed by atoms with Crippen LogP contribution in [0.1, 0.15) is 19.0 Å². The van der Waals surface area contributed by atoms with E-state index in [0.717, 1.165) is 11.6 Å². The topological polar surface area (TPSA) is 37.8 Å². The van der Waals surface area contributed by atoms with Crippen molar-refractivity contribution in [2.45, 2.75) is 31.6 Å². The van der Waals surface area contributed by atoms with E-state index in [-0.39, 0.29) is 0 Å². The SMILES string of the molecule is Cc1ccnc(NC2CCSC2C)n1. The van der Waals surface area contributed by atoms with Crippen molar-refractivity contribution in [3.8, 4) is 0 Å². The van der Waals surface area contributed by atoms with Crippen LogP contribution in [0.15, 0.2) is 12.3 Å². The maximum Gasteiger partial charge on any atom is 0.223 e. The highest BCUT2D eigenvalue weighted by Crippen LogP contribution is 2.27. The molecule has 1 fully saturated rings. The zero-order valence-corrected chi connectivity index (χ0v) is 9.34. The Labute approximate surface area is 88.7 Å². The van der Waals surface area contributed by atoms with Crippen LogP contribution in [0.5, 0.6) is 0 Å². The Morgan fingerprint density at radius 1 is 1.57 bits per heavy atom. The van der Waals surface area contributed by atoms with Crippen molar-refractivity contribution in [1.29, 1.82) is 0 Å². The number of aromatic nitrogens is 2. The molecule has 0 aliphatic carbocycles. The molecule has 1 aliphatic rings. The summed E-state index contributed by atoms with van der Waals surface area (Å²) >= 11 is 2.01. The van der Waals surface area contributed by atoms with Crippen molar-refractivity contribution in [3.63, 3.8) is 0 Å². The minimum atomic E-state index is 0.529. The van der Waals surface area contributed by atoms with Gasteiger partial charge >= 0.3 is 0 Å². The fourth-order valence-corrected chi connectivity index (χ4v) is 2.80. The first-order valence-electron chi connectivity index (χ1n) is 4.93. The van der Waals surface area contributed by atoms with E-state index in [1.54, 1.807) is 6.20 Å². The number of hydrogen-bond donors (Lipinski definition) is 1. The molecule has 0 amide bonds. The van der Waals surface area contributed by atoms with Crippen molar-refractivity contribution in [3.05, 3.63) is 18.0 Å². The molecule has 0 saturated carbocycles. The number of nitrogens with one attached hydrogen (secondary N) is 1. The third kappa shape index (κ3) is 2.18. The van der Waals surface area contributed by atoms with Gasteiger partial charge in [0.25, 0.3) is 0 Å². The highest BCUT2D eigenvalue weighted by Gasteiger charge is 2.24. The summed E-state index contributed by atoms with van der Waals surface area (Å²) in [6, 6.07) is 2.44. The Morgan fingerprint density at radius 2 is 2.43 bits per heavy atom. The van der Waals surface area contributed by atoms with Crippen LogP contribution in [0, 0.1) is 6.92 Å². The van der Waals surface area contributed by atoms with Crippen molar-refractivity contribution in [2.24, 2.45) is 0 Å². The van der Waals surface area contributed by atoms with E-state index in [9.17, 15) is 0 Å². The number of hydrogen-bond acceptors (Lipinski definition) is 4. The van der Waals surface area contributed by atoms with Crippen molar-refractivity contribution >= 4 is 17.7 Å². The van der Waals surface area contributed by atoms with Gasteiger partial charge in [-0.15, -0.1) is 0 Å². The van der Waals surface area contributed by atoms with Crippen molar-refractivity contribution in [1.82, 2.24) is 9.97 Å². The summed E-state index contributed by atoms with van der Waals surface area (Å²) in [5.41, 5.74) is 1.01. The summed E-state index contributed by atoms with van der Waals surface area (Å²) in [7, 11) is 0. The lowest BCUT2D eigenvalue weighted by molar-refractivity contribution is 0.714. The number of rotatable bonds is 2. The first kappa shape index (κ1) is 9.77. The molecule has 76 valence electrons. The van der Waals surface area contributed by atoms with E-state index < -0.39 is 0 Å². The van der Waals surface area contributed by atoms with E-state index in [1.165, 1.54) is 12.2 Å². The standard InChI is InChI=1S/C10H15N3S/c1-7-3-5-11-10(12-7)13-9-4-6-14-8(9)2/h3,5,8-9H,4,6H2,1-2H3,(H,11,12,13). The van der Waals surface area contributed by atoms with Gasteiger partial charge in [-0.3, -0.25) is 0 Å². The molecule has 0 aromatic carbocycles. The molecular formula is C10H15N3S. The third-order valence-electron chi connectivity index (χ3n) is 2.49. The van der Waals surface area contributed by atoms with Crippen LogP contribution in [0.4, 0.5) is 5.95 Å². The summed E-state index contributed by atoms with van der Waals surface area (Å²) in [6.45, 7) is 4.24. The number of anilines is 1. The molecule has 1 aliphatic heterocycles. The molecule has 3 nitrogen and oxygen atoms in total. The molecule has 2 unspecified atom stereocenters. The largest absolute Gasteiger partial charge is 0.350 e. The molecule has 1 N–H and O–H groups in total.